The SMILES string of the molecule is CCC(=O)Cc1noc(C)c1C(=O)O. The maximum Gasteiger partial charge on any atom is 0.341 e. The van der Waals surface area contributed by atoms with Crippen molar-refractivity contribution in [3.63, 3.8) is 0 Å². The summed E-state index contributed by atoms with van der Waals surface area (Å²) in [6.07, 6.45) is 0.389. The highest BCUT2D eigenvalue weighted by Crippen LogP contribution is 2.14. The van der Waals surface area contributed by atoms with E-state index in [0.29, 0.717) is 6.42 Å². The Labute approximate surface area is 80.7 Å². The van der Waals surface area contributed by atoms with E-state index in [9.17, 15) is 9.59 Å². The summed E-state index contributed by atoms with van der Waals surface area (Å²) < 4.78 is 4.72. The molecule has 0 saturated heterocycles. The summed E-state index contributed by atoms with van der Waals surface area (Å²) in [5.41, 5.74) is 0.216. The molecule has 1 aromatic rings. The molecule has 0 spiro atoms. The third-order valence-corrected chi connectivity index (χ3v) is 1.91. The highest BCUT2D eigenvalue weighted by molar-refractivity contribution is 5.92. The monoisotopic (exact) mass is 197 g/mol. The first kappa shape index (κ1) is 10.4. The van der Waals surface area contributed by atoms with Gasteiger partial charge in [-0.15, -0.1) is 0 Å². The van der Waals surface area contributed by atoms with Crippen LogP contribution in [0.15, 0.2) is 4.52 Å². The van der Waals surface area contributed by atoms with Gasteiger partial charge in [0.15, 0.2) is 0 Å². The lowest BCUT2D eigenvalue weighted by molar-refractivity contribution is -0.118. The number of carbonyl (C=O) groups is 2. The third kappa shape index (κ3) is 1.99. The van der Waals surface area contributed by atoms with E-state index in [1.165, 1.54) is 6.92 Å². The van der Waals surface area contributed by atoms with E-state index in [1.54, 1.807) is 6.92 Å². The van der Waals surface area contributed by atoms with Gasteiger partial charge in [-0.05, 0) is 6.92 Å². The van der Waals surface area contributed by atoms with Crippen LogP contribution in [0.3, 0.4) is 0 Å². The second-order valence-corrected chi connectivity index (χ2v) is 2.93. The molecule has 0 saturated carbocycles. The summed E-state index contributed by atoms with van der Waals surface area (Å²) in [7, 11) is 0. The quantitative estimate of drug-likeness (QED) is 0.784. The molecule has 0 radical (unpaired) electrons. The van der Waals surface area contributed by atoms with Crippen molar-refractivity contribution >= 4 is 11.8 Å². The molecule has 0 amide bonds. The topological polar surface area (TPSA) is 80.4 Å². The van der Waals surface area contributed by atoms with Gasteiger partial charge >= 0.3 is 5.97 Å². The lowest BCUT2D eigenvalue weighted by Gasteiger charge is -1.94. The molecule has 0 aliphatic rings. The molecule has 0 atom stereocenters. The first-order chi connectivity index (χ1) is 6.56. The van der Waals surface area contributed by atoms with Crippen molar-refractivity contribution in [1.29, 1.82) is 0 Å². The zero-order valence-corrected chi connectivity index (χ0v) is 8.03. The molecule has 0 aromatic carbocycles. The van der Waals surface area contributed by atoms with Gasteiger partial charge in [-0.1, -0.05) is 12.1 Å². The van der Waals surface area contributed by atoms with Gasteiger partial charge in [-0.3, -0.25) is 4.79 Å². The van der Waals surface area contributed by atoms with Crippen LogP contribution in [0, 0.1) is 6.92 Å². The second-order valence-electron chi connectivity index (χ2n) is 2.93. The number of aromatic nitrogens is 1. The number of hydrogen-bond donors (Lipinski definition) is 1. The van der Waals surface area contributed by atoms with Crippen molar-refractivity contribution in [2.24, 2.45) is 0 Å². The Morgan fingerprint density at radius 2 is 2.14 bits per heavy atom. The second kappa shape index (κ2) is 4.04. The fourth-order valence-electron chi connectivity index (χ4n) is 1.12. The number of carboxylic acid groups (broad SMARTS) is 1. The molecule has 0 aliphatic carbocycles. The summed E-state index contributed by atoms with van der Waals surface area (Å²) >= 11 is 0. The lowest BCUT2D eigenvalue weighted by atomic mass is 10.1. The maximum absolute atomic E-state index is 11.1. The molecule has 5 heteroatoms. The van der Waals surface area contributed by atoms with E-state index in [0.717, 1.165) is 0 Å². The predicted octanol–water partition coefficient (Wildman–Crippen LogP) is 1.20. The zero-order chi connectivity index (χ0) is 10.7. The molecular weight excluding hydrogens is 186 g/mol. The predicted molar refractivity (Wildman–Crippen MR) is 47.2 cm³/mol. The normalized spacial score (nSPS) is 10.1. The van der Waals surface area contributed by atoms with Crippen molar-refractivity contribution in [2.75, 3.05) is 0 Å². The molecule has 76 valence electrons. The Morgan fingerprint density at radius 3 is 2.64 bits per heavy atom. The van der Waals surface area contributed by atoms with Crippen LogP contribution in [-0.2, 0) is 11.2 Å². The summed E-state index contributed by atoms with van der Waals surface area (Å²) in [6, 6.07) is 0. The van der Waals surface area contributed by atoms with Crippen molar-refractivity contribution in [3.05, 3.63) is 17.0 Å². The number of hydrogen-bond acceptors (Lipinski definition) is 4. The molecular formula is C9H11NO4. The van der Waals surface area contributed by atoms with Gasteiger partial charge in [0.1, 0.15) is 22.8 Å². The summed E-state index contributed by atoms with van der Waals surface area (Å²) in [6.45, 7) is 3.23. The van der Waals surface area contributed by atoms with Gasteiger partial charge in [0.2, 0.25) is 0 Å². The van der Waals surface area contributed by atoms with Crippen LogP contribution in [0.5, 0.6) is 0 Å². The van der Waals surface area contributed by atoms with Gasteiger partial charge in [0, 0.05) is 6.42 Å². The number of aromatic carboxylic acids is 1. The Balaban J connectivity index is 2.98. The molecule has 14 heavy (non-hydrogen) atoms. The molecule has 5 nitrogen and oxygen atoms in total. The fraction of sp³-hybridized carbons (Fsp3) is 0.444. The van der Waals surface area contributed by atoms with E-state index in [1.807, 2.05) is 0 Å². The van der Waals surface area contributed by atoms with Crippen LogP contribution in [0.2, 0.25) is 0 Å². The molecule has 1 aromatic heterocycles. The van der Waals surface area contributed by atoms with Crippen molar-refractivity contribution in [2.45, 2.75) is 26.7 Å². The molecule has 1 rings (SSSR count). The number of ketones is 1. The minimum atomic E-state index is -1.11. The number of aryl methyl sites for hydroxylation is 1. The van der Waals surface area contributed by atoms with Crippen LogP contribution < -0.4 is 0 Å². The summed E-state index contributed by atoms with van der Waals surface area (Å²) in [4.78, 5) is 21.9. The molecule has 1 heterocycles. The van der Waals surface area contributed by atoms with Gasteiger partial charge in [0.25, 0.3) is 0 Å². The Hall–Kier alpha value is -1.65. The molecule has 0 unspecified atom stereocenters. The van der Waals surface area contributed by atoms with E-state index >= 15 is 0 Å². The average Bonchev–Trinajstić information content (AvgIpc) is 2.46. The lowest BCUT2D eigenvalue weighted by Crippen LogP contribution is -2.07. The molecule has 0 bridgehead atoms. The van der Waals surface area contributed by atoms with Gasteiger partial charge in [0.05, 0.1) is 6.42 Å². The number of Topliss-reactive ketones (excluding diaryl/α,β-unsaturated/α-hetero) is 1. The van der Waals surface area contributed by atoms with Gasteiger partial charge in [-0.25, -0.2) is 4.79 Å². The van der Waals surface area contributed by atoms with Crippen LogP contribution in [0.4, 0.5) is 0 Å². The molecule has 0 fully saturated rings. The smallest absolute Gasteiger partial charge is 0.341 e. The first-order valence-electron chi connectivity index (χ1n) is 4.26. The Kier molecular flexibility index (Phi) is 3.01. The Morgan fingerprint density at radius 1 is 1.50 bits per heavy atom. The minimum absolute atomic E-state index is 0.00630. The average molecular weight is 197 g/mol. The van der Waals surface area contributed by atoms with Crippen LogP contribution in [0.25, 0.3) is 0 Å². The van der Waals surface area contributed by atoms with Gasteiger partial charge < -0.3 is 9.63 Å². The Bertz CT molecular complexity index is 367. The van der Waals surface area contributed by atoms with Crippen LogP contribution in [-0.4, -0.2) is 22.0 Å². The van der Waals surface area contributed by atoms with Crippen LogP contribution >= 0.6 is 0 Å². The largest absolute Gasteiger partial charge is 0.477 e. The highest BCUT2D eigenvalue weighted by Gasteiger charge is 2.20. The van der Waals surface area contributed by atoms with Crippen molar-refractivity contribution in [3.8, 4) is 0 Å². The molecule has 1 N–H and O–H groups in total. The van der Waals surface area contributed by atoms with E-state index in [2.05, 4.69) is 5.16 Å². The minimum Gasteiger partial charge on any atom is -0.477 e. The maximum atomic E-state index is 11.1. The standard InChI is InChI=1S/C9H11NO4/c1-3-6(11)4-7-8(9(12)13)5(2)14-10-7/h3-4H2,1-2H3,(H,12,13). The number of carbonyl (C=O) groups excluding carboxylic acids is 1. The van der Waals surface area contributed by atoms with Gasteiger partial charge in [-0.2, -0.15) is 0 Å². The van der Waals surface area contributed by atoms with E-state index < -0.39 is 5.97 Å². The van der Waals surface area contributed by atoms with E-state index in [-0.39, 0.29) is 29.2 Å². The third-order valence-electron chi connectivity index (χ3n) is 1.91. The fourth-order valence-corrected chi connectivity index (χ4v) is 1.12. The van der Waals surface area contributed by atoms with Crippen molar-refractivity contribution in [1.82, 2.24) is 5.16 Å². The van der Waals surface area contributed by atoms with Crippen LogP contribution in [0.1, 0.15) is 35.2 Å². The zero-order valence-electron chi connectivity index (χ0n) is 8.03. The summed E-state index contributed by atoms with van der Waals surface area (Å²) in [5, 5.41) is 12.4. The summed E-state index contributed by atoms with van der Waals surface area (Å²) in [5.74, 6) is -0.931. The van der Waals surface area contributed by atoms with E-state index in [4.69, 9.17) is 9.63 Å². The highest BCUT2D eigenvalue weighted by atomic mass is 16.5. The number of carboxylic acids is 1. The molecule has 0 aliphatic heterocycles. The number of nitrogens with zero attached hydrogens (tertiary/aromatic N) is 1. The number of rotatable bonds is 4. The first-order valence-corrected chi connectivity index (χ1v) is 4.26. The van der Waals surface area contributed by atoms with Crippen molar-refractivity contribution < 1.29 is 19.2 Å².